The predicted molar refractivity (Wildman–Crippen MR) is 82.1 cm³/mol. The van der Waals surface area contributed by atoms with Gasteiger partial charge < -0.3 is 14.2 Å². The Morgan fingerprint density at radius 2 is 2.09 bits per heavy atom. The van der Waals surface area contributed by atoms with Gasteiger partial charge in [0.1, 0.15) is 0 Å². The van der Waals surface area contributed by atoms with E-state index in [4.69, 9.17) is 4.42 Å². The van der Waals surface area contributed by atoms with Crippen molar-refractivity contribution in [3.8, 4) is 0 Å². The number of amides is 1. The molecule has 23 heavy (non-hydrogen) atoms. The lowest BCUT2D eigenvalue weighted by molar-refractivity contribution is 0.0658. The van der Waals surface area contributed by atoms with Gasteiger partial charge in [-0.25, -0.2) is 4.68 Å². The molecule has 0 spiro atoms. The van der Waals surface area contributed by atoms with Gasteiger partial charge in [-0.2, -0.15) is 0 Å². The van der Waals surface area contributed by atoms with Crippen molar-refractivity contribution in [3.63, 3.8) is 0 Å². The molecule has 2 aliphatic rings. The molecule has 4 rings (SSSR count). The molecule has 2 aromatic heterocycles. The van der Waals surface area contributed by atoms with Crippen LogP contribution in [-0.2, 0) is 0 Å². The fraction of sp³-hybridized carbons (Fsp3) is 0.600. The fourth-order valence-electron chi connectivity index (χ4n) is 3.15. The zero-order valence-corrected chi connectivity index (χ0v) is 13.1. The molecular formula is C15H20N6O2. The van der Waals surface area contributed by atoms with Crippen LogP contribution >= 0.6 is 0 Å². The molecule has 1 aliphatic carbocycles. The van der Waals surface area contributed by atoms with Crippen LogP contribution < -0.4 is 4.90 Å². The number of rotatable bonds is 4. The van der Waals surface area contributed by atoms with Crippen molar-refractivity contribution in [2.75, 3.05) is 25.0 Å². The van der Waals surface area contributed by atoms with Gasteiger partial charge in [-0.05, 0) is 48.2 Å². The maximum absolute atomic E-state index is 12.3. The third-order valence-corrected chi connectivity index (χ3v) is 4.72. The Labute approximate surface area is 134 Å². The minimum atomic E-state index is -0.0412. The lowest BCUT2D eigenvalue weighted by Gasteiger charge is -2.32. The van der Waals surface area contributed by atoms with Crippen LogP contribution in [0, 0.1) is 0 Å². The number of carbonyl (C=O) groups is 1. The molecule has 3 heterocycles. The Kier molecular flexibility index (Phi) is 3.51. The summed E-state index contributed by atoms with van der Waals surface area (Å²) in [6, 6.07) is 4.25. The van der Waals surface area contributed by atoms with Gasteiger partial charge in [0.15, 0.2) is 5.76 Å². The van der Waals surface area contributed by atoms with Gasteiger partial charge in [0, 0.05) is 26.2 Å². The van der Waals surface area contributed by atoms with Crippen molar-refractivity contribution >= 4 is 11.9 Å². The average molecular weight is 316 g/mol. The highest BCUT2D eigenvalue weighted by atomic mass is 16.3. The molecule has 1 saturated carbocycles. The monoisotopic (exact) mass is 316 g/mol. The number of anilines is 1. The summed E-state index contributed by atoms with van der Waals surface area (Å²) in [5.74, 6) is 1.20. The maximum atomic E-state index is 12.3. The highest BCUT2D eigenvalue weighted by molar-refractivity contribution is 5.91. The van der Waals surface area contributed by atoms with Gasteiger partial charge in [-0.1, -0.05) is 5.10 Å². The molecule has 2 aromatic rings. The first kappa shape index (κ1) is 14.2. The predicted octanol–water partition coefficient (Wildman–Crippen LogP) is 1.34. The normalized spacial score (nSPS) is 19.1. The first-order valence-electron chi connectivity index (χ1n) is 8.07. The van der Waals surface area contributed by atoms with Gasteiger partial charge in [-0.15, -0.1) is 0 Å². The van der Waals surface area contributed by atoms with Crippen molar-refractivity contribution in [2.24, 2.45) is 0 Å². The molecule has 8 heteroatoms. The van der Waals surface area contributed by atoms with Gasteiger partial charge in [0.2, 0.25) is 5.95 Å². The molecule has 122 valence electrons. The Balaban J connectivity index is 1.42. The van der Waals surface area contributed by atoms with Crippen LogP contribution in [0.15, 0.2) is 22.8 Å². The van der Waals surface area contributed by atoms with E-state index < -0.39 is 0 Å². The van der Waals surface area contributed by atoms with Crippen LogP contribution in [0.2, 0.25) is 0 Å². The number of nitrogens with zero attached hydrogens (tertiary/aromatic N) is 6. The molecule has 8 nitrogen and oxygen atoms in total. The van der Waals surface area contributed by atoms with Crippen LogP contribution in [0.25, 0.3) is 0 Å². The van der Waals surface area contributed by atoms with E-state index in [-0.39, 0.29) is 11.9 Å². The van der Waals surface area contributed by atoms with Crippen molar-refractivity contribution in [1.82, 2.24) is 25.1 Å². The van der Waals surface area contributed by atoms with Crippen molar-refractivity contribution in [3.05, 3.63) is 24.2 Å². The molecule has 0 N–H and O–H groups in total. The standard InChI is InChI=1S/C15H20N6O2/c1-19(11-4-5-11)15-16-17-18-21(15)12-6-8-20(9-7-12)14(22)13-3-2-10-23-13/h2-3,10-12H,4-9H2,1H3. The van der Waals surface area contributed by atoms with Crippen molar-refractivity contribution in [1.29, 1.82) is 0 Å². The Bertz CT molecular complexity index is 670. The summed E-state index contributed by atoms with van der Waals surface area (Å²) in [6.07, 6.45) is 5.64. The molecule has 0 atom stereocenters. The number of hydrogen-bond donors (Lipinski definition) is 0. The van der Waals surface area contributed by atoms with E-state index in [1.165, 1.54) is 19.1 Å². The van der Waals surface area contributed by atoms with Gasteiger partial charge in [0.05, 0.1) is 12.3 Å². The Hall–Kier alpha value is -2.38. The topological polar surface area (TPSA) is 80.3 Å². The molecule has 0 unspecified atom stereocenters. The Morgan fingerprint density at radius 3 is 2.74 bits per heavy atom. The van der Waals surface area contributed by atoms with E-state index in [9.17, 15) is 4.79 Å². The summed E-state index contributed by atoms with van der Waals surface area (Å²) in [4.78, 5) is 16.3. The summed E-state index contributed by atoms with van der Waals surface area (Å²) in [5.41, 5.74) is 0. The SMILES string of the molecule is CN(c1nnnn1C1CCN(C(=O)c2ccco2)CC1)C1CC1. The second kappa shape index (κ2) is 5.68. The fourth-order valence-corrected chi connectivity index (χ4v) is 3.15. The maximum Gasteiger partial charge on any atom is 0.289 e. The van der Waals surface area contributed by atoms with Gasteiger partial charge in [0.25, 0.3) is 5.91 Å². The Morgan fingerprint density at radius 1 is 1.30 bits per heavy atom. The van der Waals surface area contributed by atoms with E-state index in [2.05, 4.69) is 27.5 Å². The second-order valence-corrected chi connectivity index (χ2v) is 6.27. The molecule has 0 bridgehead atoms. The second-order valence-electron chi connectivity index (χ2n) is 6.27. The van der Waals surface area contributed by atoms with Crippen LogP contribution in [0.3, 0.4) is 0 Å². The summed E-state index contributed by atoms with van der Waals surface area (Å²) in [7, 11) is 2.05. The lowest BCUT2D eigenvalue weighted by Crippen LogP contribution is -2.39. The van der Waals surface area contributed by atoms with Crippen molar-refractivity contribution in [2.45, 2.75) is 37.8 Å². The largest absolute Gasteiger partial charge is 0.459 e. The molecule has 2 fully saturated rings. The number of likely N-dealkylation sites (tertiary alicyclic amines) is 1. The minimum Gasteiger partial charge on any atom is -0.459 e. The third-order valence-electron chi connectivity index (χ3n) is 4.72. The van der Waals surface area contributed by atoms with Crippen LogP contribution in [-0.4, -0.2) is 57.2 Å². The molecule has 0 aromatic carbocycles. The van der Waals surface area contributed by atoms with Crippen LogP contribution in [0.5, 0.6) is 0 Å². The van der Waals surface area contributed by atoms with E-state index in [1.54, 1.807) is 12.1 Å². The van der Waals surface area contributed by atoms with Crippen molar-refractivity contribution < 1.29 is 9.21 Å². The molecule has 1 saturated heterocycles. The summed E-state index contributed by atoms with van der Waals surface area (Å²) < 4.78 is 7.12. The van der Waals surface area contributed by atoms with Crippen LogP contribution in [0.1, 0.15) is 42.3 Å². The highest BCUT2D eigenvalue weighted by Crippen LogP contribution is 2.31. The van der Waals surface area contributed by atoms with E-state index in [1.807, 2.05) is 9.58 Å². The molecule has 1 amide bonds. The highest BCUT2D eigenvalue weighted by Gasteiger charge is 2.33. The third kappa shape index (κ3) is 2.69. The molecular weight excluding hydrogens is 296 g/mol. The number of tetrazole rings is 1. The van der Waals surface area contributed by atoms with E-state index >= 15 is 0 Å². The van der Waals surface area contributed by atoms with E-state index in [0.29, 0.717) is 24.9 Å². The first-order chi connectivity index (χ1) is 11.2. The number of furan rings is 1. The molecule has 0 radical (unpaired) electrons. The number of carbonyl (C=O) groups excluding carboxylic acids is 1. The zero-order chi connectivity index (χ0) is 15.8. The van der Waals surface area contributed by atoms with Crippen LogP contribution in [0.4, 0.5) is 5.95 Å². The van der Waals surface area contributed by atoms with E-state index in [0.717, 1.165) is 18.8 Å². The quantitative estimate of drug-likeness (QED) is 0.847. The number of hydrogen-bond acceptors (Lipinski definition) is 6. The first-order valence-corrected chi connectivity index (χ1v) is 8.07. The average Bonchev–Trinajstić information content (AvgIpc) is 3.10. The smallest absolute Gasteiger partial charge is 0.289 e. The minimum absolute atomic E-state index is 0.0412. The zero-order valence-electron chi connectivity index (χ0n) is 13.1. The molecule has 1 aliphatic heterocycles. The summed E-state index contributed by atoms with van der Waals surface area (Å²) in [5, 5.41) is 12.2. The van der Waals surface area contributed by atoms with Gasteiger partial charge in [-0.3, -0.25) is 4.79 Å². The summed E-state index contributed by atoms with van der Waals surface area (Å²) in [6.45, 7) is 1.38. The van der Waals surface area contributed by atoms with Gasteiger partial charge >= 0.3 is 0 Å². The number of piperidine rings is 1. The summed E-state index contributed by atoms with van der Waals surface area (Å²) >= 11 is 0. The number of aromatic nitrogens is 4. The lowest BCUT2D eigenvalue weighted by atomic mass is 10.1.